The van der Waals surface area contributed by atoms with Gasteiger partial charge in [0, 0.05) is 138 Å². The first-order valence-electron chi connectivity index (χ1n) is 25.9. The van der Waals surface area contributed by atoms with Gasteiger partial charge in [0.15, 0.2) is 0 Å². The van der Waals surface area contributed by atoms with Crippen LogP contribution < -0.4 is 0 Å². The fourth-order valence-electron chi connectivity index (χ4n) is 12.6. The summed E-state index contributed by atoms with van der Waals surface area (Å²) < 4.78 is 15.7. The van der Waals surface area contributed by atoms with Crippen LogP contribution in [0.25, 0.3) is 22.5 Å². The lowest BCUT2D eigenvalue weighted by Crippen LogP contribution is -2.46. The average molecular weight is 925 g/mol. The fourth-order valence-corrected chi connectivity index (χ4v) is 12.6. The average Bonchev–Trinajstić information content (AvgIpc) is 3.93. The molecule has 2 saturated heterocycles. The van der Waals surface area contributed by atoms with E-state index in [0.29, 0.717) is 63.2 Å². The first-order valence-corrected chi connectivity index (χ1v) is 25.9. The summed E-state index contributed by atoms with van der Waals surface area (Å²) in [5.74, 6) is 0.698. The second-order valence-corrected chi connectivity index (χ2v) is 20.7. The summed E-state index contributed by atoms with van der Waals surface area (Å²) in [4.78, 5) is 59.0. The lowest BCUT2D eigenvalue weighted by Gasteiger charge is -2.40. The molecule has 2 aromatic carbocycles. The molecule has 0 bridgehead atoms. The van der Waals surface area contributed by atoms with E-state index in [0.717, 1.165) is 148 Å². The zero-order valence-electron chi connectivity index (χ0n) is 40.2. The first-order chi connectivity index (χ1) is 33.2. The summed E-state index contributed by atoms with van der Waals surface area (Å²) in [5, 5.41) is 10.4. The number of carbonyl (C=O) groups excluding carboxylic acids is 4. The molecule has 8 aliphatic rings. The van der Waals surface area contributed by atoms with Crippen LogP contribution in [0.15, 0.2) is 36.4 Å². The van der Waals surface area contributed by atoms with Crippen molar-refractivity contribution in [2.75, 3.05) is 39.5 Å². The Morgan fingerprint density at radius 3 is 1.34 bits per heavy atom. The minimum Gasteiger partial charge on any atom is -0.381 e. The molecule has 0 atom stereocenters. The predicted octanol–water partition coefficient (Wildman–Crippen LogP) is 7.27. The lowest BCUT2D eigenvalue weighted by molar-refractivity contribution is -0.136. The molecule has 14 heteroatoms. The van der Waals surface area contributed by atoms with Gasteiger partial charge in [-0.1, -0.05) is 55.7 Å². The molecule has 0 radical (unpaired) electrons. The molecule has 14 nitrogen and oxygen atoms in total. The van der Waals surface area contributed by atoms with Gasteiger partial charge in [0.25, 0.3) is 0 Å². The Morgan fingerprint density at radius 2 is 0.941 bits per heavy atom. The molecule has 68 heavy (non-hydrogen) atoms. The van der Waals surface area contributed by atoms with Gasteiger partial charge in [-0.05, 0) is 80.0 Å². The quantitative estimate of drug-likeness (QED) is 0.197. The van der Waals surface area contributed by atoms with Crippen molar-refractivity contribution in [1.82, 2.24) is 39.2 Å². The highest BCUT2D eigenvalue weighted by atomic mass is 16.5. The third kappa shape index (κ3) is 8.58. The third-order valence-corrected chi connectivity index (χ3v) is 16.7. The van der Waals surface area contributed by atoms with Crippen LogP contribution in [-0.2, 0) is 80.5 Å². The van der Waals surface area contributed by atoms with Crippen LogP contribution >= 0.6 is 0 Å². The van der Waals surface area contributed by atoms with Crippen LogP contribution in [0.4, 0.5) is 0 Å². The van der Waals surface area contributed by atoms with Crippen LogP contribution in [0, 0.1) is 0 Å². The van der Waals surface area contributed by atoms with E-state index in [1.54, 1.807) is 13.8 Å². The van der Waals surface area contributed by atoms with E-state index in [-0.39, 0.29) is 23.6 Å². The number of rotatable bonds is 6. The van der Waals surface area contributed by atoms with Gasteiger partial charge in [0.1, 0.15) is 0 Å². The van der Waals surface area contributed by atoms with Crippen LogP contribution in [0.5, 0.6) is 0 Å². The molecule has 4 aromatic rings. The molecule has 2 aliphatic carbocycles. The maximum absolute atomic E-state index is 13.4. The number of nitrogens with zero attached hydrogens (tertiary/aromatic N) is 8. The van der Waals surface area contributed by atoms with Crippen LogP contribution in [0.3, 0.4) is 0 Å². The zero-order valence-corrected chi connectivity index (χ0v) is 40.2. The Morgan fingerprint density at radius 1 is 0.515 bits per heavy atom. The number of carbonyl (C=O) groups is 4. The van der Waals surface area contributed by atoms with Crippen molar-refractivity contribution in [2.24, 2.45) is 0 Å². The maximum Gasteiger partial charge on any atom is 0.227 e. The van der Waals surface area contributed by atoms with Gasteiger partial charge in [0.05, 0.1) is 36.3 Å². The third-order valence-electron chi connectivity index (χ3n) is 16.7. The Bertz CT molecular complexity index is 2580. The van der Waals surface area contributed by atoms with Crippen molar-refractivity contribution in [3.63, 3.8) is 0 Å². The molecule has 2 saturated carbocycles. The summed E-state index contributed by atoms with van der Waals surface area (Å²) in [7, 11) is 0. The molecule has 6 aliphatic heterocycles. The first kappa shape index (κ1) is 45.1. The molecule has 4 fully saturated rings. The van der Waals surface area contributed by atoms with Crippen LogP contribution in [0.1, 0.15) is 148 Å². The van der Waals surface area contributed by atoms with E-state index in [4.69, 9.17) is 19.7 Å². The molecule has 0 unspecified atom stereocenters. The highest BCUT2D eigenvalue weighted by Gasteiger charge is 2.38. The van der Waals surface area contributed by atoms with E-state index in [2.05, 4.69) is 55.6 Å². The predicted molar refractivity (Wildman–Crippen MR) is 256 cm³/mol. The number of hydrogen-bond donors (Lipinski definition) is 0. The van der Waals surface area contributed by atoms with Gasteiger partial charge in [-0.15, -0.1) is 0 Å². The van der Waals surface area contributed by atoms with Crippen molar-refractivity contribution in [2.45, 2.75) is 167 Å². The number of amides is 4. The second-order valence-electron chi connectivity index (χ2n) is 20.7. The Hall–Kier alpha value is -5.34. The molecule has 2 aromatic heterocycles. The monoisotopic (exact) mass is 925 g/mol. The molecule has 360 valence electrons. The molecular formula is C54H68N8O6. The summed E-state index contributed by atoms with van der Waals surface area (Å²) in [6, 6.07) is 14.3. The fraction of sp³-hybridized carbons (Fsp3) is 0.593. The van der Waals surface area contributed by atoms with E-state index in [1.165, 1.54) is 48.2 Å². The number of ether oxygens (including phenoxy) is 2. The topological polar surface area (TPSA) is 135 Å². The van der Waals surface area contributed by atoms with E-state index in [1.807, 2.05) is 9.80 Å². The number of aromatic nitrogens is 4. The van der Waals surface area contributed by atoms with Gasteiger partial charge in [0.2, 0.25) is 23.6 Å². The van der Waals surface area contributed by atoms with E-state index in [9.17, 15) is 19.2 Å². The summed E-state index contributed by atoms with van der Waals surface area (Å²) in [5.41, 5.74) is 13.7. The van der Waals surface area contributed by atoms with Crippen molar-refractivity contribution in [1.29, 1.82) is 0 Å². The van der Waals surface area contributed by atoms with Crippen molar-refractivity contribution in [3.8, 4) is 22.5 Å². The highest BCUT2D eigenvalue weighted by Crippen LogP contribution is 2.41. The Labute approximate surface area is 400 Å². The van der Waals surface area contributed by atoms with Gasteiger partial charge in [-0.2, -0.15) is 10.2 Å². The van der Waals surface area contributed by atoms with E-state index >= 15 is 0 Å². The minimum absolute atomic E-state index is 0.104. The number of benzene rings is 2. The molecule has 4 amide bonds. The lowest BCUT2D eigenvalue weighted by atomic mass is 9.86. The van der Waals surface area contributed by atoms with Gasteiger partial charge >= 0.3 is 0 Å². The Kier molecular flexibility index (Phi) is 12.8. The maximum atomic E-state index is 13.4. The SMILES string of the molecule is CC(=O)N1CCc2c(c(-c3cccc4c3CC(=O)N(C3CCC3)C4)nn2C2CCOCC2)C1.CC(=O)N1CCc2c(c(-c3cccc4c3CC(=O)N(C3CCCCC3)C4)nn2C2CCOCC2)C1. The van der Waals surface area contributed by atoms with Gasteiger partial charge < -0.3 is 29.1 Å². The molecule has 8 heterocycles. The van der Waals surface area contributed by atoms with Crippen LogP contribution in [-0.4, -0.2) is 114 Å². The zero-order chi connectivity index (χ0) is 46.5. The number of hydrogen-bond acceptors (Lipinski definition) is 8. The molecule has 12 rings (SSSR count). The molecular weight excluding hydrogens is 857 g/mol. The smallest absolute Gasteiger partial charge is 0.227 e. The highest BCUT2D eigenvalue weighted by molar-refractivity contribution is 5.86. The summed E-state index contributed by atoms with van der Waals surface area (Å²) >= 11 is 0. The molecule has 0 N–H and O–H groups in total. The van der Waals surface area contributed by atoms with Crippen molar-refractivity contribution in [3.05, 3.63) is 81.2 Å². The summed E-state index contributed by atoms with van der Waals surface area (Å²) in [6.45, 7) is 10.4. The van der Waals surface area contributed by atoms with E-state index < -0.39 is 0 Å². The van der Waals surface area contributed by atoms with Crippen LogP contribution in [0.2, 0.25) is 0 Å². The van der Waals surface area contributed by atoms with Gasteiger partial charge in [-0.3, -0.25) is 28.5 Å². The standard InChI is InChI=1S/C28H36N4O3.C26H32N4O3/c1-19(33)30-13-10-26-25(18-30)28(29-32(26)22-11-14-35-15-12-22)23-9-5-6-20-17-31(27(34)16-24(20)23)21-7-3-2-4-8-21;1-17(31)28-11-8-24-23(16-28)26(27-30(24)20-9-12-33-13-10-20)21-7-2-4-18-15-29(19-5-3-6-19)25(32)14-22(18)21/h5-6,9,21-22H,2-4,7-8,10-18H2,1H3;2,4,7,19-20H,3,5-6,8-16H2,1H3. The normalized spacial score (nSPS) is 21.6. The molecule has 0 spiro atoms. The largest absolute Gasteiger partial charge is 0.381 e. The summed E-state index contributed by atoms with van der Waals surface area (Å²) in [6.07, 6.45) is 15.9. The number of fused-ring (bicyclic) bond motifs is 4. The van der Waals surface area contributed by atoms with Gasteiger partial charge in [-0.25, -0.2) is 0 Å². The second kappa shape index (κ2) is 19.2. The van der Waals surface area contributed by atoms with Crippen molar-refractivity contribution >= 4 is 23.6 Å². The minimum atomic E-state index is 0.104. The van der Waals surface area contributed by atoms with Crippen molar-refractivity contribution < 1.29 is 28.7 Å². The Balaban J connectivity index is 0.000000149.